The smallest absolute Gasteiger partial charge is 0.236 e. The average Bonchev–Trinajstić information content (AvgIpc) is 2.57. The number of piperazine rings is 1. The van der Waals surface area contributed by atoms with Gasteiger partial charge >= 0.3 is 0 Å². The summed E-state index contributed by atoms with van der Waals surface area (Å²) >= 11 is 0. The van der Waals surface area contributed by atoms with Gasteiger partial charge in [0.15, 0.2) is 0 Å². The maximum absolute atomic E-state index is 12.4. The van der Waals surface area contributed by atoms with E-state index in [1.54, 1.807) is 0 Å². The fourth-order valence-corrected chi connectivity index (χ4v) is 3.88. The van der Waals surface area contributed by atoms with Crippen molar-refractivity contribution in [2.45, 2.75) is 37.6 Å². The van der Waals surface area contributed by atoms with Crippen LogP contribution in [0.5, 0.6) is 0 Å². The molecule has 0 aromatic heterocycles. The Bertz CT molecular complexity index is 368. The van der Waals surface area contributed by atoms with Gasteiger partial charge in [-0.15, -0.1) is 0 Å². The third-order valence-corrected chi connectivity index (χ3v) is 5.53. The molecule has 3 rings (SSSR count). The summed E-state index contributed by atoms with van der Waals surface area (Å²) in [7, 11) is 0. The molecule has 5 nitrogen and oxygen atoms in total. The van der Waals surface area contributed by atoms with E-state index in [9.17, 15) is 4.79 Å². The summed E-state index contributed by atoms with van der Waals surface area (Å²) in [5, 5.41) is 0. The first kappa shape index (κ1) is 16.2. The first-order valence-corrected chi connectivity index (χ1v) is 8.86. The Balaban J connectivity index is 1.44. The summed E-state index contributed by atoms with van der Waals surface area (Å²) in [5.41, 5.74) is 0.0568. The SMILES string of the molecule is [CH2]C1(N2CCN(CC(=O)N3CCCCC3)CC2)CCOCC1. The number of ether oxygens (including phenoxy) is 1. The van der Waals surface area contributed by atoms with Gasteiger partial charge in [-0.1, -0.05) is 0 Å². The summed E-state index contributed by atoms with van der Waals surface area (Å²) in [6.07, 6.45) is 5.67. The minimum atomic E-state index is 0.0568. The standard InChI is InChI=1S/C17H30N3O2/c1-17(5-13-22-14-6-17)20-11-9-18(10-12-20)15-16(21)19-7-3-2-4-8-19/h1-15H2. The highest BCUT2D eigenvalue weighted by atomic mass is 16.5. The molecule has 22 heavy (non-hydrogen) atoms. The maximum atomic E-state index is 12.4. The van der Waals surface area contributed by atoms with Crippen LogP contribution < -0.4 is 0 Å². The molecule has 0 aromatic carbocycles. The molecule has 0 N–H and O–H groups in total. The molecule has 0 unspecified atom stereocenters. The van der Waals surface area contributed by atoms with Crippen LogP contribution in [-0.2, 0) is 9.53 Å². The van der Waals surface area contributed by atoms with Gasteiger partial charge in [-0.05, 0) is 39.0 Å². The number of carbonyl (C=O) groups is 1. The van der Waals surface area contributed by atoms with Crippen molar-refractivity contribution >= 4 is 5.91 Å². The predicted molar refractivity (Wildman–Crippen MR) is 86.6 cm³/mol. The third kappa shape index (κ3) is 3.81. The summed E-state index contributed by atoms with van der Waals surface area (Å²) in [5.74, 6) is 0.323. The normalized spacial score (nSPS) is 27.8. The highest BCUT2D eigenvalue weighted by Gasteiger charge is 2.36. The Kier molecular flexibility index (Phi) is 5.37. The quantitative estimate of drug-likeness (QED) is 0.779. The lowest BCUT2D eigenvalue weighted by atomic mass is 9.89. The molecule has 3 heterocycles. The van der Waals surface area contributed by atoms with Crippen LogP contribution in [0, 0.1) is 6.92 Å². The van der Waals surface area contributed by atoms with Crippen LogP contribution in [0.1, 0.15) is 32.1 Å². The molecule has 1 radical (unpaired) electrons. The largest absolute Gasteiger partial charge is 0.381 e. The molecular weight excluding hydrogens is 278 g/mol. The first-order chi connectivity index (χ1) is 10.7. The Morgan fingerprint density at radius 1 is 0.955 bits per heavy atom. The Hall–Kier alpha value is -0.650. The van der Waals surface area contributed by atoms with Crippen LogP contribution in [-0.4, -0.2) is 85.2 Å². The molecule has 0 saturated carbocycles. The monoisotopic (exact) mass is 308 g/mol. The second-order valence-corrected chi connectivity index (χ2v) is 7.04. The van der Waals surface area contributed by atoms with E-state index in [2.05, 4.69) is 21.6 Å². The Labute approximate surface area is 134 Å². The van der Waals surface area contributed by atoms with Crippen molar-refractivity contribution in [2.24, 2.45) is 0 Å². The minimum absolute atomic E-state index is 0.0568. The number of hydrogen-bond donors (Lipinski definition) is 0. The topological polar surface area (TPSA) is 36.0 Å². The van der Waals surface area contributed by atoms with Gasteiger partial charge in [-0.3, -0.25) is 14.6 Å². The minimum Gasteiger partial charge on any atom is -0.381 e. The molecule has 3 saturated heterocycles. The van der Waals surface area contributed by atoms with Crippen molar-refractivity contribution < 1.29 is 9.53 Å². The molecule has 3 aliphatic heterocycles. The molecule has 5 heteroatoms. The maximum Gasteiger partial charge on any atom is 0.236 e. The van der Waals surface area contributed by atoms with Crippen molar-refractivity contribution in [1.82, 2.24) is 14.7 Å². The average molecular weight is 308 g/mol. The van der Waals surface area contributed by atoms with E-state index >= 15 is 0 Å². The van der Waals surface area contributed by atoms with E-state index in [1.165, 1.54) is 19.3 Å². The second kappa shape index (κ2) is 7.28. The molecule has 3 fully saturated rings. The van der Waals surface area contributed by atoms with Crippen molar-refractivity contribution in [1.29, 1.82) is 0 Å². The number of piperidine rings is 1. The zero-order valence-electron chi connectivity index (χ0n) is 13.8. The predicted octanol–water partition coefficient (Wildman–Crippen LogP) is 1.000. The van der Waals surface area contributed by atoms with E-state index in [4.69, 9.17) is 4.74 Å². The van der Waals surface area contributed by atoms with Crippen molar-refractivity contribution in [3.63, 3.8) is 0 Å². The molecule has 0 atom stereocenters. The third-order valence-electron chi connectivity index (χ3n) is 5.53. The molecular formula is C17H30N3O2. The molecule has 125 valence electrons. The van der Waals surface area contributed by atoms with Gasteiger partial charge in [-0.2, -0.15) is 0 Å². The highest BCUT2D eigenvalue weighted by molar-refractivity contribution is 5.78. The molecule has 3 aliphatic rings. The Morgan fingerprint density at radius 3 is 2.23 bits per heavy atom. The van der Waals surface area contributed by atoms with Crippen LogP contribution in [0.3, 0.4) is 0 Å². The van der Waals surface area contributed by atoms with Gasteiger partial charge in [-0.25, -0.2) is 0 Å². The van der Waals surface area contributed by atoms with Crippen LogP contribution in [0.2, 0.25) is 0 Å². The summed E-state index contributed by atoms with van der Waals surface area (Å²) in [6.45, 7) is 12.7. The fraction of sp³-hybridized carbons (Fsp3) is 0.882. The van der Waals surface area contributed by atoms with Crippen molar-refractivity contribution in [2.75, 3.05) is 59.0 Å². The van der Waals surface area contributed by atoms with Gasteiger partial charge in [0.25, 0.3) is 0 Å². The number of amides is 1. The van der Waals surface area contributed by atoms with E-state index in [0.717, 1.165) is 65.3 Å². The van der Waals surface area contributed by atoms with Crippen LogP contribution in [0.15, 0.2) is 0 Å². The van der Waals surface area contributed by atoms with Crippen LogP contribution in [0.4, 0.5) is 0 Å². The number of likely N-dealkylation sites (tertiary alicyclic amines) is 1. The molecule has 0 bridgehead atoms. The zero-order valence-corrected chi connectivity index (χ0v) is 13.8. The van der Waals surface area contributed by atoms with E-state index < -0.39 is 0 Å². The van der Waals surface area contributed by atoms with Crippen LogP contribution >= 0.6 is 0 Å². The number of hydrogen-bond acceptors (Lipinski definition) is 4. The Morgan fingerprint density at radius 2 is 1.59 bits per heavy atom. The number of nitrogens with zero attached hydrogens (tertiary/aromatic N) is 3. The lowest BCUT2D eigenvalue weighted by Gasteiger charge is -2.47. The molecule has 0 spiro atoms. The number of rotatable bonds is 3. The zero-order chi connectivity index (χ0) is 15.4. The van der Waals surface area contributed by atoms with E-state index in [0.29, 0.717) is 12.5 Å². The highest BCUT2D eigenvalue weighted by Crippen LogP contribution is 2.27. The first-order valence-electron chi connectivity index (χ1n) is 8.86. The van der Waals surface area contributed by atoms with Crippen LogP contribution in [0.25, 0.3) is 0 Å². The van der Waals surface area contributed by atoms with Gasteiger partial charge < -0.3 is 9.64 Å². The molecule has 0 aliphatic carbocycles. The molecule has 0 aromatic rings. The lowest BCUT2D eigenvalue weighted by Crippen LogP contribution is -2.58. The summed E-state index contributed by atoms with van der Waals surface area (Å²) in [4.78, 5) is 19.2. The summed E-state index contributed by atoms with van der Waals surface area (Å²) < 4.78 is 5.47. The fourth-order valence-electron chi connectivity index (χ4n) is 3.88. The van der Waals surface area contributed by atoms with Gasteiger partial charge in [0.05, 0.1) is 6.54 Å². The lowest BCUT2D eigenvalue weighted by molar-refractivity contribution is -0.134. The van der Waals surface area contributed by atoms with E-state index in [1.807, 2.05) is 0 Å². The second-order valence-electron chi connectivity index (χ2n) is 7.04. The number of carbonyl (C=O) groups excluding carboxylic acids is 1. The summed E-state index contributed by atoms with van der Waals surface area (Å²) in [6, 6.07) is 0. The van der Waals surface area contributed by atoms with Gasteiger partial charge in [0, 0.05) is 58.0 Å². The van der Waals surface area contributed by atoms with Crippen molar-refractivity contribution in [3.8, 4) is 0 Å². The van der Waals surface area contributed by atoms with Crippen molar-refractivity contribution in [3.05, 3.63) is 6.92 Å². The molecule has 1 amide bonds. The van der Waals surface area contributed by atoms with E-state index in [-0.39, 0.29) is 5.54 Å². The van der Waals surface area contributed by atoms with Gasteiger partial charge in [0.1, 0.15) is 0 Å². The van der Waals surface area contributed by atoms with Gasteiger partial charge in [0.2, 0.25) is 5.91 Å².